The average Bonchev–Trinajstić information content (AvgIpc) is 2.69. The smallest absolute Gasteiger partial charge is 0.102 e. The van der Waals surface area contributed by atoms with E-state index in [1.165, 1.54) is 57.1 Å². The zero-order valence-corrected chi connectivity index (χ0v) is 12.8. The minimum Gasteiger partial charge on any atom is -0.178 e. The quantitative estimate of drug-likeness (QED) is 0.477. The minimum absolute atomic E-state index is 0.0221. The van der Waals surface area contributed by atoms with Crippen molar-refractivity contribution < 1.29 is 0 Å². The number of hydrogen-bond acceptors (Lipinski definition) is 2. The highest BCUT2D eigenvalue weighted by molar-refractivity contribution is 5.29. The van der Waals surface area contributed by atoms with Crippen LogP contribution in [0.2, 0.25) is 0 Å². The van der Waals surface area contributed by atoms with E-state index in [0.717, 1.165) is 6.42 Å². The van der Waals surface area contributed by atoms with Crippen LogP contribution in [0.4, 0.5) is 0 Å². The average molecular weight is 250 g/mol. The standard InChI is InChI=1S/C16H30N2/c1-5-8-11-14-15(12-9-6-2)17-18-16(14,4)13-10-7-3/h5-13H2,1-4H3. The van der Waals surface area contributed by atoms with Gasteiger partial charge in [-0.05, 0) is 44.6 Å². The molecule has 1 atom stereocenters. The van der Waals surface area contributed by atoms with Crippen molar-refractivity contribution in [1.82, 2.24) is 0 Å². The summed E-state index contributed by atoms with van der Waals surface area (Å²) in [5, 5.41) is 9.14. The van der Waals surface area contributed by atoms with Crippen molar-refractivity contribution >= 4 is 0 Å². The molecule has 1 aliphatic heterocycles. The van der Waals surface area contributed by atoms with Gasteiger partial charge in [-0.25, -0.2) is 0 Å². The highest BCUT2D eigenvalue weighted by Gasteiger charge is 2.34. The van der Waals surface area contributed by atoms with Gasteiger partial charge in [0.2, 0.25) is 0 Å². The van der Waals surface area contributed by atoms with Crippen LogP contribution in [0.15, 0.2) is 21.5 Å². The molecule has 1 rings (SSSR count). The van der Waals surface area contributed by atoms with Gasteiger partial charge in [-0.15, -0.1) is 0 Å². The number of nitrogens with zero attached hydrogens (tertiary/aromatic N) is 2. The Morgan fingerprint density at radius 3 is 2.11 bits per heavy atom. The van der Waals surface area contributed by atoms with E-state index < -0.39 is 0 Å². The van der Waals surface area contributed by atoms with Crippen molar-refractivity contribution in [1.29, 1.82) is 0 Å². The molecule has 0 bridgehead atoms. The van der Waals surface area contributed by atoms with E-state index in [1.807, 2.05) is 0 Å². The Bertz CT molecular complexity index is 304. The Hall–Kier alpha value is -0.660. The lowest BCUT2D eigenvalue weighted by Gasteiger charge is -2.24. The van der Waals surface area contributed by atoms with E-state index in [-0.39, 0.29) is 5.54 Å². The molecule has 0 fully saturated rings. The Morgan fingerprint density at radius 2 is 1.50 bits per heavy atom. The molecule has 0 aliphatic carbocycles. The third-order valence-electron chi connectivity index (χ3n) is 3.95. The van der Waals surface area contributed by atoms with E-state index in [4.69, 9.17) is 0 Å². The van der Waals surface area contributed by atoms with Gasteiger partial charge in [0.25, 0.3) is 0 Å². The molecule has 2 nitrogen and oxygen atoms in total. The van der Waals surface area contributed by atoms with Crippen LogP contribution < -0.4 is 0 Å². The Balaban J connectivity index is 2.77. The van der Waals surface area contributed by atoms with Crippen molar-refractivity contribution in [3.8, 4) is 0 Å². The van der Waals surface area contributed by atoms with Crippen LogP contribution in [0.3, 0.4) is 0 Å². The first-order valence-corrected chi connectivity index (χ1v) is 7.83. The van der Waals surface area contributed by atoms with Crippen LogP contribution in [0.25, 0.3) is 0 Å². The molecule has 0 saturated carbocycles. The van der Waals surface area contributed by atoms with Gasteiger partial charge in [0.05, 0.1) is 5.70 Å². The summed E-state index contributed by atoms with van der Waals surface area (Å²) >= 11 is 0. The summed E-state index contributed by atoms with van der Waals surface area (Å²) in [4.78, 5) is 0. The second kappa shape index (κ2) is 7.70. The van der Waals surface area contributed by atoms with Gasteiger partial charge in [0, 0.05) is 0 Å². The molecular weight excluding hydrogens is 220 g/mol. The van der Waals surface area contributed by atoms with Crippen LogP contribution in [-0.4, -0.2) is 5.54 Å². The Kier molecular flexibility index (Phi) is 6.59. The number of rotatable bonds is 9. The fraction of sp³-hybridized carbons (Fsp3) is 0.875. The maximum Gasteiger partial charge on any atom is 0.102 e. The van der Waals surface area contributed by atoms with E-state index in [1.54, 1.807) is 5.57 Å². The fourth-order valence-corrected chi connectivity index (χ4v) is 2.64. The first-order chi connectivity index (χ1) is 8.68. The van der Waals surface area contributed by atoms with Gasteiger partial charge >= 0.3 is 0 Å². The molecule has 0 amide bonds. The molecule has 0 aromatic heterocycles. The third-order valence-corrected chi connectivity index (χ3v) is 3.95. The number of azo groups is 1. The first kappa shape index (κ1) is 15.4. The lowest BCUT2D eigenvalue weighted by molar-refractivity contribution is 0.463. The molecule has 0 N–H and O–H groups in total. The fourth-order valence-electron chi connectivity index (χ4n) is 2.64. The molecule has 1 aliphatic rings. The molecule has 1 unspecified atom stereocenters. The van der Waals surface area contributed by atoms with Gasteiger partial charge in [-0.1, -0.05) is 46.5 Å². The molecule has 2 heteroatoms. The van der Waals surface area contributed by atoms with Crippen LogP contribution in [-0.2, 0) is 0 Å². The van der Waals surface area contributed by atoms with Gasteiger partial charge < -0.3 is 0 Å². The summed E-state index contributed by atoms with van der Waals surface area (Å²) in [6.45, 7) is 9.05. The van der Waals surface area contributed by atoms with Crippen molar-refractivity contribution in [2.24, 2.45) is 10.2 Å². The second-order valence-corrected chi connectivity index (χ2v) is 5.71. The summed E-state index contributed by atoms with van der Waals surface area (Å²) in [5.74, 6) is 0. The van der Waals surface area contributed by atoms with Gasteiger partial charge in [0.15, 0.2) is 0 Å². The maximum absolute atomic E-state index is 4.62. The van der Waals surface area contributed by atoms with Crippen LogP contribution >= 0.6 is 0 Å². The summed E-state index contributed by atoms with van der Waals surface area (Å²) in [6, 6.07) is 0. The van der Waals surface area contributed by atoms with Gasteiger partial charge in [-0.2, -0.15) is 10.2 Å². The van der Waals surface area contributed by atoms with Crippen molar-refractivity contribution in [3.05, 3.63) is 11.3 Å². The van der Waals surface area contributed by atoms with E-state index in [9.17, 15) is 0 Å². The van der Waals surface area contributed by atoms with Gasteiger partial charge in [-0.3, -0.25) is 0 Å². The van der Waals surface area contributed by atoms with Crippen molar-refractivity contribution in [2.45, 2.75) is 91.0 Å². The predicted molar refractivity (Wildman–Crippen MR) is 78.9 cm³/mol. The minimum atomic E-state index is 0.0221. The molecular formula is C16H30N2. The summed E-state index contributed by atoms with van der Waals surface area (Å²) in [7, 11) is 0. The number of hydrogen-bond donors (Lipinski definition) is 0. The largest absolute Gasteiger partial charge is 0.178 e. The van der Waals surface area contributed by atoms with E-state index >= 15 is 0 Å². The predicted octanol–water partition coefficient (Wildman–Crippen LogP) is 6.04. The number of allylic oxidation sites excluding steroid dienone is 1. The molecule has 1 heterocycles. The monoisotopic (exact) mass is 250 g/mol. The van der Waals surface area contributed by atoms with Crippen LogP contribution in [0.5, 0.6) is 0 Å². The van der Waals surface area contributed by atoms with Crippen LogP contribution in [0.1, 0.15) is 85.5 Å². The first-order valence-electron chi connectivity index (χ1n) is 7.83. The van der Waals surface area contributed by atoms with Crippen LogP contribution in [0, 0.1) is 0 Å². The van der Waals surface area contributed by atoms with E-state index in [2.05, 4.69) is 37.9 Å². The maximum atomic E-state index is 4.62. The lowest BCUT2D eigenvalue weighted by atomic mass is 9.83. The molecule has 0 spiro atoms. The highest BCUT2D eigenvalue weighted by atomic mass is 15.2. The summed E-state index contributed by atoms with van der Waals surface area (Å²) in [6.07, 6.45) is 11.0. The Morgan fingerprint density at radius 1 is 0.889 bits per heavy atom. The van der Waals surface area contributed by atoms with E-state index in [0.29, 0.717) is 0 Å². The molecule has 0 radical (unpaired) electrons. The highest BCUT2D eigenvalue weighted by Crippen LogP contribution is 2.40. The summed E-state index contributed by atoms with van der Waals surface area (Å²) < 4.78 is 0. The molecule has 0 aromatic carbocycles. The second-order valence-electron chi connectivity index (χ2n) is 5.71. The topological polar surface area (TPSA) is 24.7 Å². The molecule has 0 aromatic rings. The van der Waals surface area contributed by atoms with Crippen molar-refractivity contribution in [2.75, 3.05) is 0 Å². The zero-order chi connectivity index (χ0) is 13.4. The molecule has 104 valence electrons. The lowest BCUT2D eigenvalue weighted by Crippen LogP contribution is -2.23. The Labute approximate surface area is 113 Å². The normalized spacial score (nSPS) is 23.1. The number of unbranched alkanes of at least 4 members (excludes halogenated alkanes) is 3. The van der Waals surface area contributed by atoms with Gasteiger partial charge in [0.1, 0.15) is 5.54 Å². The SMILES string of the molecule is CCCCC1=C(CCCC)C(C)(CCCC)N=N1. The van der Waals surface area contributed by atoms with Crippen molar-refractivity contribution in [3.63, 3.8) is 0 Å². The third kappa shape index (κ3) is 3.93. The molecule has 18 heavy (non-hydrogen) atoms. The molecule has 0 saturated heterocycles. The summed E-state index contributed by atoms with van der Waals surface area (Å²) in [5.41, 5.74) is 2.88. The zero-order valence-electron chi connectivity index (χ0n) is 12.8.